The van der Waals surface area contributed by atoms with Crippen molar-refractivity contribution < 1.29 is 19.1 Å². The van der Waals surface area contributed by atoms with Gasteiger partial charge in [-0.25, -0.2) is 0 Å². The molecular formula is C19H22N2O4. The number of ether oxygens (including phenoxy) is 2. The zero-order valence-corrected chi connectivity index (χ0v) is 14.4. The van der Waals surface area contributed by atoms with Gasteiger partial charge in [0, 0.05) is 5.56 Å². The first-order valence-corrected chi connectivity index (χ1v) is 8.16. The van der Waals surface area contributed by atoms with Crippen molar-refractivity contribution in [3.63, 3.8) is 0 Å². The summed E-state index contributed by atoms with van der Waals surface area (Å²) in [4.78, 5) is 23.8. The van der Waals surface area contributed by atoms with Crippen molar-refractivity contribution in [3.05, 3.63) is 59.7 Å². The summed E-state index contributed by atoms with van der Waals surface area (Å²) in [5, 5.41) is 0. The Bertz CT molecular complexity index is 714. The number of hydrogen-bond acceptors (Lipinski definition) is 4. The Morgan fingerprint density at radius 2 is 1.52 bits per heavy atom. The first-order chi connectivity index (χ1) is 12.1. The lowest BCUT2D eigenvalue weighted by Gasteiger charge is -2.12. The number of nitrogens with one attached hydrogen (secondary N) is 2. The molecule has 0 radical (unpaired) electrons. The average Bonchev–Trinajstić information content (AvgIpc) is 2.65. The molecule has 0 spiro atoms. The quantitative estimate of drug-likeness (QED) is 0.758. The van der Waals surface area contributed by atoms with Crippen LogP contribution >= 0.6 is 0 Å². The number of hydrogen-bond donors (Lipinski definition) is 2. The van der Waals surface area contributed by atoms with Crippen LogP contribution in [0.15, 0.2) is 48.5 Å². The molecule has 2 amide bonds. The first-order valence-electron chi connectivity index (χ1n) is 8.16. The van der Waals surface area contributed by atoms with E-state index in [2.05, 4.69) is 10.9 Å². The van der Waals surface area contributed by atoms with E-state index >= 15 is 0 Å². The molecule has 0 aliphatic carbocycles. The molecule has 0 aliphatic rings. The van der Waals surface area contributed by atoms with Gasteiger partial charge in [-0.2, -0.15) is 0 Å². The van der Waals surface area contributed by atoms with E-state index < -0.39 is 5.91 Å². The Labute approximate surface area is 147 Å². The number of benzene rings is 2. The molecule has 0 saturated carbocycles. The molecule has 0 bridgehead atoms. The summed E-state index contributed by atoms with van der Waals surface area (Å²) >= 11 is 0. The van der Waals surface area contributed by atoms with Crippen LogP contribution in [0.1, 0.15) is 29.8 Å². The van der Waals surface area contributed by atoms with Crippen LogP contribution in [0.3, 0.4) is 0 Å². The van der Waals surface area contributed by atoms with E-state index in [1.54, 1.807) is 30.3 Å². The lowest BCUT2D eigenvalue weighted by Crippen LogP contribution is -2.43. The van der Waals surface area contributed by atoms with Crippen LogP contribution in [-0.2, 0) is 11.2 Å². The number of para-hydroxylation sites is 2. The molecule has 2 aromatic carbocycles. The van der Waals surface area contributed by atoms with Gasteiger partial charge < -0.3 is 9.47 Å². The zero-order valence-electron chi connectivity index (χ0n) is 14.4. The summed E-state index contributed by atoms with van der Waals surface area (Å²) < 4.78 is 10.8. The molecule has 6 nitrogen and oxygen atoms in total. The Kier molecular flexibility index (Phi) is 6.83. The molecule has 132 valence electrons. The number of carbonyl (C=O) groups excluding carboxylic acids is 2. The lowest BCUT2D eigenvalue weighted by atomic mass is 10.1. The van der Waals surface area contributed by atoms with Gasteiger partial charge in [-0.05, 0) is 43.2 Å². The van der Waals surface area contributed by atoms with Gasteiger partial charge >= 0.3 is 0 Å². The third kappa shape index (κ3) is 5.53. The number of hydrazine groups is 1. The minimum atomic E-state index is -0.468. The second kappa shape index (κ2) is 9.32. The van der Waals surface area contributed by atoms with Crippen LogP contribution in [0.4, 0.5) is 0 Å². The van der Waals surface area contributed by atoms with Crippen molar-refractivity contribution in [2.24, 2.45) is 0 Å². The largest absolute Gasteiger partial charge is 0.490 e. The Morgan fingerprint density at radius 1 is 0.880 bits per heavy atom. The van der Waals surface area contributed by atoms with Gasteiger partial charge in [-0.1, -0.05) is 31.2 Å². The van der Waals surface area contributed by atoms with Crippen LogP contribution < -0.4 is 20.3 Å². The van der Waals surface area contributed by atoms with Crippen molar-refractivity contribution in [2.45, 2.75) is 20.3 Å². The second-order valence-corrected chi connectivity index (χ2v) is 5.22. The summed E-state index contributed by atoms with van der Waals surface area (Å²) in [7, 11) is 0. The van der Waals surface area contributed by atoms with E-state index in [0.717, 1.165) is 12.0 Å². The highest BCUT2D eigenvalue weighted by Gasteiger charge is 2.09. The van der Waals surface area contributed by atoms with Crippen LogP contribution in [0.2, 0.25) is 0 Å². The fourth-order valence-electron chi connectivity index (χ4n) is 2.11. The van der Waals surface area contributed by atoms with Crippen LogP contribution in [0.25, 0.3) is 0 Å². The molecule has 6 heteroatoms. The third-order valence-corrected chi connectivity index (χ3v) is 3.45. The van der Waals surface area contributed by atoms with E-state index in [-0.39, 0.29) is 12.5 Å². The Balaban J connectivity index is 1.81. The molecule has 0 aliphatic heterocycles. The summed E-state index contributed by atoms with van der Waals surface area (Å²) in [6, 6.07) is 14.3. The zero-order chi connectivity index (χ0) is 18.1. The van der Waals surface area contributed by atoms with E-state index in [4.69, 9.17) is 9.47 Å². The van der Waals surface area contributed by atoms with Crippen molar-refractivity contribution in [3.8, 4) is 11.5 Å². The Hall–Kier alpha value is -3.02. The van der Waals surface area contributed by atoms with Gasteiger partial charge in [-0.15, -0.1) is 0 Å². The van der Waals surface area contributed by atoms with Crippen LogP contribution in [0.5, 0.6) is 11.5 Å². The molecule has 0 fully saturated rings. The molecule has 0 atom stereocenters. The fraction of sp³-hybridized carbons (Fsp3) is 0.263. The predicted octanol–water partition coefficient (Wildman–Crippen LogP) is 2.49. The average molecular weight is 342 g/mol. The van der Waals surface area contributed by atoms with Gasteiger partial charge in [-0.3, -0.25) is 20.4 Å². The Morgan fingerprint density at radius 3 is 2.12 bits per heavy atom. The number of carbonyl (C=O) groups is 2. The smallest absolute Gasteiger partial charge is 0.276 e. The summed E-state index contributed by atoms with van der Waals surface area (Å²) in [6.45, 7) is 4.17. The highest BCUT2D eigenvalue weighted by molar-refractivity contribution is 5.95. The lowest BCUT2D eigenvalue weighted by molar-refractivity contribution is -0.123. The topological polar surface area (TPSA) is 76.7 Å². The van der Waals surface area contributed by atoms with E-state index in [1.165, 1.54) is 0 Å². The van der Waals surface area contributed by atoms with Gasteiger partial charge in [0.1, 0.15) is 0 Å². The van der Waals surface area contributed by atoms with Gasteiger partial charge in [0.05, 0.1) is 6.61 Å². The van der Waals surface area contributed by atoms with Crippen LogP contribution in [-0.4, -0.2) is 25.0 Å². The van der Waals surface area contributed by atoms with Crippen LogP contribution in [0, 0.1) is 0 Å². The number of amides is 2. The van der Waals surface area contributed by atoms with Gasteiger partial charge in [0.25, 0.3) is 11.8 Å². The highest BCUT2D eigenvalue weighted by atomic mass is 16.5. The van der Waals surface area contributed by atoms with Crippen molar-refractivity contribution in [1.29, 1.82) is 0 Å². The van der Waals surface area contributed by atoms with Crippen molar-refractivity contribution >= 4 is 11.8 Å². The molecule has 0 unspecified atom stereocenters. The van der Waals surface area contributed by atoms with Gasteiger partial charge in [0.2, 0.25) is 0 Å². The summed E-state index contributed by atoms with van der Waals surface area (Å²) in [6.07, 6.45) is 0.902. The number of aryl methyl sites for hydroxylation is 1. The van der Waals surface area contributed by atoms with Crippen molar-refractivity contribution in [2.75, 3.05) is 13.2 Å². The van der Waals surface area contributed by atoms with E-state index in [9.17, 15) is 9.59 Å². The minimum absolute atomic E-state index is 0.237. The van der Waals surface area contributed by atoms with E-state index in [1.807, 2.05) is 32.0 Å². The fourth-order valence-corrected chi connectivity index (χ4v) is 2.11. The molecule has 0 heterocycles. The monoisotopic (exact) mass is 342 g/mol. The number of rotatable bonds is 7. The molecule has 2 N–H and O–H groups in total. The highest BCUT2D eigenvalue weighted by Crippen LogP contribution is 2.26. The normalized spacial score (nSPS) is 10.0. The molecule has 0 aromatic heterocycles. The SMILES string of the molecule is CCOc1ccccc1OCC(=O)NNC(=O)c1ccc(CC)cc1. The maximum absolute atomic E-state index is 12.0. The molecular weight excluding hydrogens is 320 g/mol. The van der Waals surface area contributed by atoms with Gasteiger partial charge in [0.15, 0.2) is 18.1 Å². The molecule has 2 aromatic rings. The molecule has 25 heavy (non-hydrogen) atoms. The maximum atomic E-state index is 12.0. The molecule has 2 rings (SSSR count). The molecule has 0 saturated heterocycles. The third-order valence-electron chi connectivity index (χ3n) is 3.45. The van der Waals surface area contributed by atoms with E-state index in [0.29, 0.717) is 23.7 Å². The minimum Gasteiger partial charge on any atom is -0.490 e. The summed E-state index contributed by atoms with van der Waals surface area (Å²) in [5.41, 5.74) is 6.30. The standard InChI is InChI=1S/C19H22N2O4/c1-3-14-9-11-15(12-10-14)19(23)21-20-18(22)13-25-17-8-6-5-7-16(17)24-4-2/h5-12H,3-4,13H2,1-2H3,(H,20,22)(H,21,23). The first kappa shape index (κ1) is 18.3. The second-order valence-electron chi connectivity index (χ2n) is 5.22. The maximum Gasteiger partial charge on any atom is 0.276 e. The van der Waals surface area contributed by atoms with Crippen molar-refractivity contribution in [1.82, 2.24) is 10.9 Å². The summed E-state index contributed by atoms with van der Waals surface area (Å²) in [5.74, 6) is 0.189. The predicted molar refractivity (Wildman–Crippen MR) is 94.5 cm³/mol.